The molecular weight excluding hydrogens is 263 g/mol. The van der Waals surface area contributed by atoms with Gasteiger partial charge >= 0.3 is 6.09 Å². The van der Waals surface area contributed by atoms with Crippen molar-refractivity contribution in [1.29, 1.82) is 0 Å². The summed E-state index contributed by atoms with van der Waals surface area (Å²) in [5, 5.41) is 0. The topological polar surface area (TPSA) is 49.9 Å². The monoisotopic (exact) mass is 284 g/mol. The van der Waals surface area contributed by atoms with E-state index in [9.17, 15) is 14.0 Å². The minimum atomic E-state index is -1.23. The number of rotatable bonds is 2. The summed E-state index contributed by atoms with van der Waals surface area (Å²) in [7, 11) is 1.53. The molecule has 0 N–H and O–H groups in total. The van der Waals surface area contributed by atoms with E-state index in [1.807, 2.05) is 0 Å². The third-order valence-corrected chi connectivity index (χ3v) is 2.87. The van der Waals surface area contributed by atoms with Crippen LogP contribution in [0.15, 0.2) is 0 Å². The number of halogens is 1. The number of ether oxygens (including phenoxy) is 1. The fourth-order valence-corrected chi connectivity index (χ4v) is 2.01. The van der Waals surface area contributed by atoms with E-state index in [2.05, 4.69) is 5.92 Å². The molecule has 0 radical (unpaired) electrons. The average molecular weight is 284 g/mol. The third-order valence-electron chi connectivity index (χ3n) is 2.87. The summed E-state index contributed by atoms with van der Waals surface area (Å²) < 4.78 is 18.8. The summed E-state index contributed by atoms with van der Waals surface area (Å²) in [6.45, 7) is 5.14. The predicted octanol–water partition coefficient (Wildman–Crippen LogP) is 1.43. The van der Waals surface area contributed by atoms with Crippen LogP contribution < -0.4 is 0 Å². The van der Waals surface area contributed by atoms with Crippen LogP contribution in [0.25, 0.3) is 0 Å². The lowest BCUT2D eigenvalue weighted by Gasteiger charge is -2.29. The smallest absolute Gasteiger partial charge is 0.411 e. The molecule has 1 fully saturated rings. The highest BCUT2D eigenvalue weighted by Gasteiger charge is 2.42. The summed E-state index contributed by atoms with van der Waals surface area (Å²) in [4.78, 5) is 26.7. The summed E-state index contributed by atoms with van der Waals surface area (Å²) in [6.07, 6.45) is 3.22. The number of likely N-dealkylation sites (N-methyl/N-ethyl adjacent to an activating group) is 1. The van der Waals surface area contributed by atoms with Gasteiger partial charge in [0.05, 0.1) is 13.1 Å². The number of alkyl halides is 1. The van der Waals surface area contributed by atoms with E-state index in [0.717, 1.165) is 4.90 Å². The molecule has 6 heteroatoms. The maximum absolute atomic E-state index is 13.6. The van der Waals surface area contributed by atoms with Crippen LogP contribution in [0.2, 0.25) is 0 Å². The zero-order valence-corrected chi connectivity index (χ0v) is 12.4. The number of nitrogens with zero attached hydrogens (tertiary/aromatic N) is 2. The second kappa shape index (κ2) is 6.12. The molecule has 1 aliphatic rings. The second-order valence-electron chi connectivity index (χ2n) is 5.88. The predicted molar refractivity (Wildman–Crippen MR) is 72.7 cm³/mol. The number of terminal acetylenes is 1. The van der Waals surface area contributed by atoms with Gasteiger partial charge < -0.3 is 9.64 Å². The Kier molecular flexibility index (Phi) is 4.98. The van der Waals surface area contributed by atoms with Gasteiger partial charge in [-0.15, -0.1) is 6.42 Å². The lowest BCUT2D eigenvalue weighted by molar-refractivity contribution is -0.134. The van der Waals surface area contributed by atoms with Gasteiger partial charge in [0.2, 0.25) is 5.91 Å². The molecular formula is C14H21FN2O3. The molecule has 1 rings (SSSR count). The van der Waals surface area contributed by atoms with E-state index in [0.29, 0.717) is 0 Å². The van der Waals surface area contributed by atoms with E-state index in [-0.39, 0.29) is 25.4 Å². The molecule has 20 heavy (non-hydrogen) atoms. The fourth-order valence-electron chi connectivity index (χ4n) is 2.01. The first-order valence-electron chi connectivity index (χ1n) is 6.48. The van der Waals surface area contributed by atoms with Crippen LogP contribution in [0.5, 0.6) is 0 Å². The SMILES string of the molecule is C#CCN(C)C(=O)[C@H]1C[C@H](F)CN1C(=O)OC(C)(C)C. The quantitative estimate of drug-likeness (QED) is 0.721. The van der Waals surface area contributed by atoms with Crippen LogP contribution in [0.4, 0.5) is 9.18 Å². The first-order valence-corrected chi connectivity index (χ1v) is 6.48. The maximum Gasteiger partial charge on any atom is 0.411 e. The average Bonchev–Trinajstić information content (AvgIpc) is 2.68. The Labute approximate surface area is 119 Å². The Morgan fingerprint density at radius 1 is 1.50 bits per heavy atom. The molecule has 1 heterocycles. The molecule has 1 aliphatic heterocycles. The number of amides is 2. The summed E-state index contributed by atoms with van der Waals surface area (Å²) in [5.74, 6) is 1.98. The van der Waals surface area contributed by atoms with Crippen molar-refractivity contribution in [2.45, 2.75) is 45.0 Å². The maximum atomic E-state index is 13.6. The molecule has 1 saturated heterocycles. The molecule has 5 nitrogen and oxygen atoms in total. The van der Waals surface area contributed by atoms with Gasteiger partial charge in [-0.25, -0.2) is 9.18 Å². The Balaban J connectivity index is 2.81. The van der Waals surface area contributed by atoms with Crippen molar-refractivity contribution in [2.75, 3.05) is 20.1 Å². The minimum Gasteiger partial charge on any atom is -0.444 e. The summed E-state index contributed by atoms with van der Waals surface area (Å²) >= 11 is 0. The van der Waals surface area contributed by atoms with Crippen LogP contribution in [-0.2, 0) is 9.53 Å². The van der Waals surface area contributed by atoms with Crippen molar-refractivity contribution in [2.24, 2.45) is 0 Å². The number of likely N-dealkylation sites (tertiary alicyclic amines) is 1. The highest BCUT2D eigenvalue weighted by Crippen LogP contribution is 2.24. The first kappa shape index (κ1) is 16.3. The van der Waals surface area contributed by atoms with Crippen LogP contribution in [0.1, 0.15) is 27.2 Å². The van der Waals surface area contributed by atoms with Gasteiger partial charge in [0.25, 0.3) is 0 Å². The minimum absolute atomic E-state index is 0.0208. The van der Waals surface area contributed by atoms with Crippen LogP contribution in [0.3, 0.4) is 0 Å². The summed E-state index contributed by atoms with van der Waals surface area (Å²) in [5.41, 5.74) is -0.691. The molecule has 0 spiro atoms. The van der Waals surface area contributed by atoms with E-state index >= 15 is 0 Å². The number of carbonyl (C=O) groups is 2. The van der Waals surface area contributed by atoms with Crippen LogP contribution >= 0.6 is 0 Å². The van der Waals surface area contributed by atoms with E-state index < -0.39 is 23.9 Å². The number of hydrogen-bond donors (Lipinski definition) is 0. The lowest BCUT2D eigenvalue weighted by Crippen LogP contribution is -2.48. The molecule has 0 aromatic rings. The summed E-state index contributed by atoms with van der Waals surface area (Å²) in [6, 6.07) is -0.849. The van der Waals surface area contributed by atoms with E-state index in [1.165, 1.54) is 11.9 Å². The van der Waals surface area contributed by atoms with Crippen molar-refractivity contribution >= 4 is 12.0 Å². The molecule has 2 amide bonds. The van der Waals surface area contributed by atoms with Gasteiger partial charge in [0.15, 0.2) is 0 Å². The fraction of sp³-hybridized carbons (Fsp3) is 0.714. The molecule has 0 saturated carbocycles. The van der Waals surface area contributed by atoms with E-state index in [4.69, 9.17) is 11.2 Å². The van der Waals surface area contributed by atoms with Gasteiger partial charge in [-0.2, -0.15) is 0 Å². The van der Waals surface area contributed by atoms with Crippen molar-refractivity contribution in [3.8, 4) is 12.3 Å². The Morgan fingerprint density at radius 3 is 2.60 bits per heavy atom. The second-order valence-corrected chi connectivity index (χ2v) is 5.88. The Bertz CT molecular complexity index is 425. The molecule has 112 valence electrons. The van der Waals surface area contributed by atoms with Gasteiger partial charge in [0, 0.05) is 13.5 Å². The van der Waals surface area contributed by atoms with Crippen LogP contribution in [-0.4, -0.2) is 59.8 Å². The van der Waals surface area contributed by atoms with Crippen molar-refractivity contribution < 1.29 is 18.7 Å². The van der Waals surface area contributed by atoms with E-state index in [1.54, 1.807) is 20.8 Å². The molecule has 0 aromatic heterocycles. The Hall–Kier alpha value is -1.77. The highest BCUT2D eigenvalue weighted by atomic mass is 19.1. The number of carbonyl (C=O) groups excluding carboxylic acids is 2. The van der Waals surface area contributed by atoms with Crippen molar-refractivity contribution in [3.05, 3.63) is 0 Å². The highest BCUT2D eigenvalue weighted by molar-refractivity contribution is 5.86. The molecule has 2 atom stereocenters. The standard InChI is InChI=1S/C14H21FN2O3/c1-6-7-16(5)12(18)11-8-10(15)9-17(11)13(19)20-14(2,3)4/h1,10-11H,7-9H2,2-5H3/t10-,11+/m0/s1. The third kappa shape index (κ3) is 4.12. The van der Waals surface area contributed by atoms with Crippen LogP contribution in [0, 0.1) is 12.3 Å². The zero-order valence-electron chi connectivity index (χ0n) is 12.4. The van der Waals surface area contributed by atoms with Crippen molar-refractivity contribution in [3.63, 3.8) is 0 Å². The van der Waals surface area contributed by atoms with Crippen molar-refractivity contribution in [1.82, 2.24) is 9.80 Å². The lowest BCUT2D eigenvalue weighted by atomic mass is 10.2. The van der Waals surface area contributed by atoms with Gasteiger partial charge in [-0.1, -0.05) is 5.92 Å². The molecule has 0 unspecified atom stereocenters. The number of hydrogen-bond acceptors (Lipinski definition) is 3. The van der Waals surface area contributed by atoms with Gasteiger partial charge in [-0.3, -0.25) is 9.69 Å². The molecule has 0 bridgehead atoms. The Morgan fingerprint density at radius 2 is 2.10 bits per heavy atom. The first-order chi connectivity index (χ1) is 9.15. The molecule has 0 aromatic carbocycles. The zero-order chi connectivity index (χ0) is 15.5. The normalized spacial score (nSPS) is 22.3. The molecule has 0 aliphatic carbocycles. The van der Waals surface area contributed by atoms with Gasteiger partial charge in [0.1, 0.15) is 17.8 Å². The van der Waals surface area contributed by atoms with Gasteiger partial charge in [-0.05, 0) is 20.8 Å². The largest absolute Gasteiger partial charge is 0.444 e.